The lowest BCUT2D eigenvalue weighted by Crippen LogP contribution is -2.12. The van der Waals surface area contributed by atoms with Gasteiger partial charge in [0.15, 0.2) is 5.16 Å². The van der Waals surface area contributed by atoms with Gasteiger partial charge < -0.3 is 5.32 Å². The van der Waals surface area contributed by atoms with Gasteiger partial charge >= 0.3 is 0 Å². The van der Waals surface area contributed by atoms with E-state index in [4.69, 9.17) is 11.6 Å². The fraction of sp³-hybridized carbons (Fsp3) is 0.375. The highest BCUT2D eigenvalue weighted by Crippen LogP contribution is 2.31. The number of rotatable bonds is 5. The molecule has 1 N–H and O–H groups in total. The second kappa shape index (κ2) is 7.25. The molecule has 0 saturated heterocycles. The maximum atomic E-state index is 6.13. The van der Waals surface area contributed by atoms with Crippen molar-refractivity contribution in [1.29, 1.82) is 0 Å². The van der Waals surface area contributed by atoms with E-state index in [0.717, 1.165) is 45.1 Å². The summed E-state index contributed by atoms with van der Waals surface area (Å²) in [7, 11) is 0. The minimum absolute atomic E-state index is 0.735. The Morgan fingerprint density at radius 3 is 2.43 bits per heavy atom. The molecular formula is C16H20ClN3S. The van der Waals surface area contributed by atoms with Crippen molar-refractivity contribution in [3.05, 3.63) is 45.7 Å². The van der Waals surface area contributed by atoms with Gasteiger partial charge in [0.2, 0.25) is 0 Å². The third-order valence-electron chi connectivity index (χ3n) is 3.41. The molecule has 1 aromatic heterocycles. The average molecular weight is 322 g/mol. The van der Waals surface area contributed by atoms with Crippen LogP contribution in [-0.4, -0.2) is 16.5 Å². The van der Waals surface area contributed by atoms with E-state index in [9.17, 15) is 0 Å². The summed E-state index contributed by atoms with van der Waals surface area (Å²) in [6, 6.07) is 5.96. The summed E-state index contributed by atoms with van der Waals surface area (Å²) in [6.45, 7) is 9.94. The van der Waals surface area contributed by atoms with Gasteiger partial charge in [-0.15, -0.1) is 0 Å². The molecule has 112 valence electrons. The molecule has 5 heteroatoms. The second-order valence-electron chi connectivity index (χ2n) is 4.94. The van der Waals surface area contributed by atoms with Crippen molar-refractivity contribution in [1.82, 2.24) is 15.3 Å². The van der Waals surface area contributed by atoms with E-state index in [1.807, 2.05) is 26.0 Å². The molecule has 2 aromatic rings. The first-order chi connectivity index (χ1) is 10.0. The summed E-state index contributed by atoms with van der Waals surface area (Å²) in [6.07, 6.45) is 0. The van der Waals surface area contributed by atoms with Gasteiger partial charge in [0.1, 0.15) is 0 Å². The lowest BCUT2D eigenvalue weighted by molar-refractivity contribution is 0.717. The summed E-state index contributed by atoms with van der Waals surface area (Å²) >= 11 is 7.70. The third kappa shape index (κ3) is 4.19. The molecule has 0 atom stereocenters. The monoisotopic (exact) mass is 321 g/mol. The SMILES string of the molecule is CCNCc1ccc(Cl)cc1Sc1nc(C)c(C)c(C)n1. The highest BCUT2D eigenvalue weighted by Gasteiger charge is 2.10. The molecule has 21 heavy (non-hydrogen) atoms. The van der Waals surface area contributed by atoms with Crippen molar-refractivity contribution >= 4 is 23.4 Å². The maximum absolute atomic E-state index is 6.13. The van der Waals surface area contributed by atoms with Gasteiger partial charge in [-0.3, -0.25) is 0 Å². The van der Waals surface area contributed by atoms with E-state index in [-0.39, 0.29) is 0 Å². The molecule has 0 aliphatic rings. The molecule has 3 nitrogen and oxygen atoms in total. The molecule has 0 saturated carbocycles. The van der Waals surface area contributed by atoms with Gasteiger partial charge in [-0.1, -0.05) is 24.6 Å². The van der Waals surface area contributed by atoms with Crippen LogP contribution in [0, 0.1) is 20.8 Å². The normalized spacial score (nSPS) is 10.9. The molecule has 0 radical (unpaired) electrons. The Labute approximate surface area is 135 Å². The largest absolute Gasteiger partial charge is 0.313 e. The molecule has 2 rings (SSSR count). The average Bonchev–Trinajstić information content (AvgIpc) is 2.44. The fourth-order valence-electron chi connectivity index (χ4n) is 1.91. The van der Waals surface area contributed by atoms with Gasteiger partial charge in [0.05, 0.1) is 0 Å². The number of benzene rings is 1. The lowest BCUT2D eigenvalue weighted by Gasteiger charge is -2.11. The Morgan fingerprint density at radius 2 is 1.81 bits per heavy atom. The van der Waals surface area contributed by atoms with Crippen LogP contribution < -0.4 is 5.32 Å². The molecule has 1 aromatic carbocycles. The Hall–Kier alpha value is -1.10. The first kappa shape index (κ1) is 16.3. The van der Waals surface area contributed by atoms with Crippen molar-refractivity contribution in [2.45, 2.75) is 44.3 Å². The maximum Gasteiger partial charge on any atom is 0.192 e. The van der Waals surface area contributed by atoms with E-state index >= 15 is 0 Å². The minimum Gasteiger partial charge on any atom is -0.313 e. The molecule has 0 bridgehead atoms. The number of nitrogens with one attached hydrogen (secondary N) is 1. The number of aryl methyl sites for hydroxylation is 2. The molecule has 0 amide bonds. The first-order valence-corrected chi connectivity index (χ1v) is 8.19. The van der Waals surface area contributed by atoms with E-state index in [1.165, 1.54) is 5.56 Å². The predicted molar refractivity (Wildman–Crippen MR) is 89.2 cm³/mol. The number of halogens is 1. The van der Waals surface area contributed by atoms with E-state index in [2.05, 4.69) is 35.2 Å². The van der Waals surface area contributed by atoms with Crippen LogP contribution in [0.25, 0.3) is 0 Å². The van der Waals surface area contributed by atoms with Crippen molar-refractivity contribution < 1.29 is 0 Å². The van der Waals surface area contributed by atoms with Gasteiger partial charge in [0.25, 0.3) is 0 Å². The summed E-state index contributed by atoms with van der Waals surface area (Å²) in [4.78, 5) is 10.2. The summed E-state index contributed by atoms with van der Waals surface area (Å²) < 4.78 is 0. The van der Waals surface area contributed by atoms with E-state index < -0.39 is 0 Å². The van der Waals surface area contributed by atoms with Crippen LogP contribution in [0.3, 0.4) is 0 Å². The topological polar surface area (TPSA) is 37.8 Å². The van der Waals surface area contributed by atoms with Crippen LogP contribution in [0.5, 0.6) is 0 Å². The molecule has 0 spiro atoms. The molecule has 0 fully saturated rings. The quantitative estimate of drug-likeness (QED) is 0.832. The van der Waals surface area contributed by atoms with Crippen LogP contribution in [0.4, 0.5) is 0 Å². The highest BCUT2D eigenvalue weighted by molar-refractivity contribution is 7.99. The predicted octanol–water partition coefficient (Wildman–Crippen LogP) is 4.32. The Balaban J connectivity index is 2.32. The van der Waals surface area contributed by atoms with Crippen LogP contribution >= 0.6 is 23.4 Å². The number of aromatic nitrogens is 2. The molecule has 0 aliphatic carbocycles. The zero-order valence-electron chi connectivity index (χ0n) is 12.8. The second-order valence-corrected chi connectivity index (χ2v) is 6.38. The van der Waals surface area contributed by atoms with Gasteiger partial charge in [-0.25, -0.2) is 9.97 Å². The highest BCUT2D eigenvalue weighted by atomic mass is 35.5. The summed E-state index contributed by atoms with van der Waals surface area (Å²) in [5.41, 5.74) is 4.42. The smallest absolute Gasteiger partial charge is 0.192 e. The number of nitrogens with zero attached hydrogens (tertiary/aromatic N) is 2. The Morgan fingerprint density at radius 1 is 1.14 bits per heavy atom. The van der Waals surface area contributed by atoms with Crippen LogP contribution in [0.15, 0.2) is 28.3 Å². The number of hydrogen-bond acceptors (Lipinski definition) is 4. The van der Waals surface area contributed by atoms with E-state index in [0.29, 0.717) is 0 Å². The van der Waals surface area contributed by atoms with Gasteiger partial charge in [-0.2, -0.15) is 0 Å². The Kier molecular flexibility index (Phi) is 5.62. The van der Waals surface area contributed by atoms with Crippen molar-refractivity contribution in [3.8, 4) is 0 Å². The molecule has 0 aliphatic heterocycles. The fourth-order valence-corrected chi connectivity index (χ4v) is 3.17. The lowest BCUT2D eigenvalue weighted by atomic mass is 10.2. The van der Waals surface area contributed by atoms with Crippen molar-refractivity contribution in [3.63, 3.8) is 0 Å². The molecule has 0 unspecified atom stereocenters. The van der Waals surface area contributed by atoms with Crippen molar-refractivity contribution in [2.75, 3.05) is 6.54 Å². The standard InChI is InChI=1S/C16H20ClN3S/c1-5-18-9-13-6-7-14(17)8-15(13)21-16-19-11(3)10(2)12(4)20-16/h6-8,18H,5,9H2,1-4H3. The molecular weight excluding hydrogens is 302 g/mol. The van der Waals surface area contributed by atoms with Crippen molar-refractivity contribution in [2.24, 2.45) is 0 Å². The summed E-state index contributed by atoms with van der Waals surface area (Å²) in [5, 5.41) is 4.85. The zero-order valence-corrected chi connectivity index (χ0v) is 14.4. The number of hydrogen-bond donors (Lipinski definition) is 1. The van der Waals surface area contributed by atoms with Gasteiger partial charge in [0, 0.05) is 27.9 Å². The zero-order chi connectivity index (χ0) is 15.4. The van der Waals surface area contributed by atoms with Crippen LogP contribution in [-0.2, 0) is 6.54 Å². The van der Waals surface area contributed by atoms with Gasteiger partial charge in [-0.05, 0) is 62.3 Å². The molecule has 1 heterocycles. The van der Waals surface area contributed by atoms with Crippen LogP contribution in [0.1, 0.15) is 29.4 Å². The Bertz CT molecular complexity index is 620. The summed E-state index contributed by atoms with van der Waals surface area (Å²) in [5.74, 6) is 0. The minimum atomic E-state index is 0.735. The van der Waals surface area contributed by atoms with Crippen LogP contribution in [0.2, 0.25) is 5.02 Å². The first-order valence-electron chi connectivity index (χ1n) is 7.00. The third-order valence-corrected chi connectivity index (χ3v) is 4.61. The van der Waals surface area contributed by atoms with E-state index in [1.54, 1.807) is 11.8 Å².